The molecule has 86 valence electrons. The number of rotatable bonds is 6. The Balaban J connectivity index is 2.38. The van der Waals surface area contributed by atoms with Crippen LogP contribution in [0.15, 0.2) is 23.0 Å². The van der Waals surface area contributed by atoms with E-state index in [-0.39, 0.29) is 0 Å². The molecule has 15 heavy (non-hydrogen) atoms. The monoisotopic (exact) mass is 210 g/mol. The number of furan rings is 1. The van der Waals surface area contributed by atoms with Crippen LogP contribution in [0.25, 0.3) is 0 Å². The molecule has 0 aromatic carbocycles. The molecule has 3 heteroatoms. The fourth-order valence-corrected chi connectivity index (χ4v) is 2.02. The van der Waals surface area contributed by atoms with Gasteiger partial charge in [0.05, 0.1) is 12.5 Å². The van der Waals surface area contributed by atoms with Gasteiger partial charge in [-0.1, -0.05) is 13.8 Å². The molecular weight excluding hydrogens is 188 g/mol. The van der Waals surface area contributed by atoms with Crippen LogP contribution in [0.5, 0.6) is 0 Å². The molecule has 0 aliphatic carbocycles. The number of hydrogen-bond donors (Lipinski definition) is 1. The highest BCUT2D eigenvalue weighted by Crippen LogP contribution is 2.16. The molecular formula is C12H22N2O. The summed E-state index contributed by atoms with van der Waals surface area (Å²) in [6, 6.07) is 2.02. The lowest BCUT2D eigenvalue weighted by Crippen LogP contribution is -2.37. The van der Waals surface area contributed by atoms with E-state index in [0.29, 0.717) is 5.41 Å². The second-order valence-electron chi connectivity index (χ2n) is 5.00. The van der Waals surface area contributed by atoms with E-state index in [2.05, 4.69) is 31.1 Å². The van der Waals surface area contributed by atoms with E-state index in [9.17, 15) is 0 Å². The molecule has 3 nitrogen and oxygen atoms in total. The first-order valence-electron chi connectivity index (χ1n) is 5.38. The van der Waals surface area contributed by atoms with Crippen LogP contribution >= 0.6 is 0 Å². The predicted octanol–water partition coefficient (Wildman–Crippen LogP) is 1.96. The molecule has 1 aromatic rings. The van der Waals surface area contributed by atoms with Crippen LogP contribution in [0.1, 0.15) is 19.4 Å². The van der Waals surface area contributed by atoms with Crippen LogP contribution in [-0.2, 0) is 6.54 Å². The van der Waals surface area contributed by atoms with Gasteiger partial charge >= 0.3 is 0 Å². The van der Waals surface area contributed by atoms with E-state index >= 15 is 0 Å². The molecule has 0 saturated heterocycles. The lowest BCUT2D eigenvalue weighted by molar-refractivity contribution is 0.201. The van der Waals surface area contributed by atoms with E-state index in [1.807, 2.05) is 19.4 Å². The third-order valence-electron chi connectivity index (χ3n) is 2.39. The molecule has 0 radical (unpaired) electrons. The van der Waals surface area contributed by atoms with Gasteiger partial charge in [-0.3, -0.25) is 0 Å². The van der Waals surface area contributed by atoms with Crippen molar-refractivity contribution in [3.8, 4) is 0 Å². The number of hydrogen-bond acceptors (Lipinski definition) is 3. The Kier molecular flexibility index (Phi) is 4.36. The van der Waals surface area contributed by atoms with Gasteiger partial charge in [0, 0.05) is 25.2 Å². The van der Waals surface area contributed by atoms with Gasteiger partial charge in [-0.15, -0.1) is 0 Å². The van der Waals surface area contributed by atoms with Gasteiger partial charge in [-0.25, -0.2) is 0 Å². The molecule has 0 aliphatic rings. The maximum atomic E-state index is 5.05. The number of nitrogens with one attached hydrogen (secondary N) is 1. The van der Waals surface area contributed by atoms with Crippen molar-refractivity contribution in [1.29, 1.82) is 0 Å². The second kappa shape index (κ2) is 5.33. The van der Waals surface area contributed by atoms with Crippen molar-refractivity contribution in [1.82, 2.24) is 10.2 Å². The largest absolute Gasteiger partial charge is 0.472 e. The van der Waals surface area contributed by atoms with Crippen molar-refractivity contribution in [2.24, 2.45) is 5.41 Å². The molecule has 1 heterocycles. The van der Waals surface area contributed by atoms with Crippen molar-refractivity contribution in [3.05, 3.63) is 24.2 Å². The van der Waals surface area contributed by atoms with Crippen LogP contribution < -0.4 is 5.32 Å². The van der Waals surface area contributed by atoms with Gasteiger partial charge in [0.2, 0.25) is 0 Å². The van der Waals surface area contributed by atoms with E-state index in [1.165, 1.54) is 5.56 Å². The fourth-order valence-electron chi connectivity index (χ4n) is 2.02. The molecule has 1 aromatic heterocycles. The van der Waals surface area contributed by atoms with Crippen molar-refractivity contribution >= 4 is 0 Å². The third-order valence-corrected chi connectivity index (χ3v) is 2.39. The molecule has 0 fully saturated rings. The molecule has 0 unspecified atom stereocenters. The van der Waals surface area contributed by atoms with Gasteiger partial charge in [0.25, 0.3) is 0 Å². The van der Waals surface area contributed by atoms with Crippen molar-refractivity contribution in [2.45, 2.75) is 20.4 Å². The van der Waals surface area contributed by atoms with Gasteiger partial charge < -0.3 is 14.6 Å². The van der Waals surface area contributed by atoms with Crippen LogP contribution in [0, 0.1) is 5.41 Å². The van der Waals surface area contributed by atoms with E-state index in [4.69, 9.17) is 4.42 Å². The quantitative estimate of drug-likeness (QED) is 0.778. The summed E-state index contributed by atoms with van der Waals surface area (Å²) in [5.41, 5.74) is 1.53. The molecule has 0 spiro atoms. The summed E-state index contributed by atoms with van der Waals surface area (Å²) in [7, 11) is 4.14. The second-order valence-corrected chi connectivity index (χ2v) is 5.00. The van der Waals surface area contributed by atoms with Crippen LogP contribution in [-0.4, -0.2) is 32.1 Å². The topological polar surface area (TPSA) is 28.4 Å². The maximum absolute atomic E-state index is 5.05. The average molecular weight is 210 g/mol. The zero-order chi connectivity index (χ0) is 11.3. The normalized spacial score (nSPS) is 12.3. The number of nitrogens with zero attached hydrogens (tertiary/aromatic N) is 1. The van der Waals surface area contributed by atoms with Crippen molar-refractivity contribution < 1.29 is 4.42 Å². The molecule has 1 rings (SSSR count). The van der Waals surface area contributed by atoms with E-state index < -0.39 is 0 Å². The highest BCUT2D eigenvalue weighted by Gasteiger charge is 2.19. The zero-order valence-corrected chi connectivity index (χ0v) is 10.2. The van der Waals surface area contributed by atoms with Gasteiger partial charge in [0.15, 0.2) is 0 Å². The lowest BCUT2D eigenvalue weighted by atomic mass is 9.93. The Morgan fingerprint density at radius 1 is 1.47 bits per heavy atom. The fraction of sp³-hybridized carbons (Fsp3) is 0.667. The molecule has 0 atom stereocenters. The van der Waals surface area contributed by atoms with E-state index in [0.717, 1.165) is 19.6 Å². The molecule has 1 N–H and O–H groups in total. The van der Waals surface area contributed by atoms with Crippen molar-refractivity contribution in [2.75, 3.05) is 27.2 Å². The Hall–Kier alpha value is -0.800. The molecule has 0 amide bonds. The Morgan fingerprint density at radius 3 is 2.73 bits per heavy atom. The maximum Gasteiger partial charge on any atom is 0.0947 e. The first-order valence-corrected chi connectivity index (χ1v) is 5.38. The summed E-state index contributed by atoms with van der Waals surface area (Å²) >= 11 is 0. The minimum absolute atomic E-state index is 0.299. The highest BCUT2D eigenvalue weighted by molar-refractivity contribution is 5.04. The first-order chi connectivity index (χ1) is 7.03. The Bertz CT molecular complexity index is 267. The SMILES string of the molecule is CNCC(C)(C)CN(C)Cc1ccoc1. The van der Waals surface area contributed by atoms with E-state index in [1.54, 1.807) is 6.26 Å². The summed E-state index contributed by atoms with van der Waals surface area (Å²) in [6.07, 6.45) is 3.53. The summed E-state index contributed by atoms with van der Waals surface area (Å²) in [5.74, 6) is 0. The lowest BCUT2D eigenvalue weighted by Gasteiger charge is -2.29. The first kappa shape index (κ1) is 12.3. The van der Waals surface area contributed by atoms with Gasteiger partial charge in [-0.05, 0) is 25.6 Å². The summed E-state index contributed by atoms with van der Waals surface area (Å²) in [4.78, 5) is 2.32. The Labute approximate surface area is 92.5 Å². The summed E-state index contributed by atoms with van der Waals surface area (Å²) in [5, 5.41) is 3.23. The third kappa shape index (κ3) is 4.49. The summed E-state index contributed by atoms with van der Waals surface area (Å²) < 4.78 is 5.05. The summed E-state index contributed by atoms with van der Waals surface area (Å²) in [6.45, 7) is 7.59. The molecule has 0 bridgehead atoms. The van der Waals surface area contributed by atoms with Crippen LogP contribution in [0.3, 0.4) is 0 Å². The molecule has 0 aliphatic heterocycles. The molecule has 0 saturated carbocycles. The van der Waals surface area contributed by atoms with Gasteiger partial charge in [0.1, 0.15) is 0 Å². The minimum Gasteiger partial charge on any atom is -0.472 e. The predicted molar refractivity (Wildman–Crippen MR) is 62.7 cm³/mol. The Morgan fingerprint density at radius 2 is 2.20 bits per heavy atom. The van der Waals surface area contributed by atoms with Gasteiger partial charge in [-0.2, -0.15) is 0 Å². The van der Waals surface area contributed by atoms with Crippen LogP contribution in [0.4, 0.5) is 0 Å². The average Bonchev–Trinajstić information content (AvgIpc) is 2.54. The van der Waals surface area contributed by atoms with Crippen LogP contribution in [0.2, 0.25) is 0 Å². The van der Waals surface area contributed by atoms with Crippen molar-refractivity contribution in [3.63, 3.8) is 0 Å². The zero-order valence-electron chi connectivity index (χ0n) is 10.2. The highest BCUT2D eigenvalue weighted by atomic mass is 16.3. The standard InChI is InChI=1S/C12H22N2O/c1-12(2,9-13-3)10-14(4)7-11-5-6-15-8-11/h5-6,8,13H,7,9-10H2,1-4H3. The minimum atomic E-state index is 0.299. The smallest absolute Gasteiger partial charge is 0.0947 e.